The van der Waals surface area contributed by atoms with Crippen LogP contribution in [0.5, 0.6) is 0 Å². The van der Waals surface area contributed by atoms with Gasteiger partial charge in [-0.15, -0.1) is 0 Å². The molecule has 0 aliphatic carbocycles. The normalized spacial score (nSPS) is 20.7. The Kier molecular flexibility index (Phi) is 2.51. The monoisotopic (exact) mass is 329 g/mol. The van der Waals surface area contributed by atoms with Crippen LogP contribution in [0.4, 0.5) is 0 Å². The molecular weight excluding hydrogens is 317 g/mol. The van der Waals surface area contributed by atoms with E-state index in [0.717, 1.165) is 34.0 Å². The van der Waals surface area contributed by atoms with Crippen LogP contribution in [0.15, 0.2) is 23.3 Å². The molecule has 1 aliphatic heterocycles. The molecular formula is C11H12IN3O. The maximum atomic E-state index is 11.9. The molecule has 1 atom stereocenters. The number of rotatable bonds is 1. The maximum absolute atomic E-state index is 11.9. The van der Waals surface area contributed by atoms with E-state index >= 15 is 0 Å². The van der Waals surface area contributed by atoms with Crippen LogP contribution >= 0.6 is 22.6 Å². The van der Waals surface area contributed by atoms with Crippen LogP contribution in [0.25, 0.3) is 10.9 Å². The van der Waals surface area contributed by atoms with Crippen LogP contribution in [0.3, 0.4) is 0 Å². The minimum absolute atomic E-state index is 0.00677. The standard InChI is InChI=1S/C11H12IN3O/c12-9-6-15(7-1-3-13-5-7)10-8(9)2-4-14-11(10)16/h2,4,6-7,13H,1,3,5H2,(H,14,16). The summed E-state index contributed by atoms with van der Waals surface area (Å²) >= 11 is 2.29. The van der Waals surface area contributed by atoms with Gasteiger partial charge >= 0.3 is 0 Å². The first kappa shape index (κ1) is 10.3. The zero-order valence-electron chi connectivity index (χ0n) is 8.66. The number of nitrogens with one attached hydrogen (secondary N) is 2. The smallest absolute Gasteiger partial charge is 0.272 e. The Bertz CT molecular complexity index is 580. The minimum Gasteiger partial charge on any atom is -0.338 e. The number of nitrogens with zero attached hydrogens (tertiary/aromatic N) is 1. The average Bonchev–Trinajstić information content (AvgIpc) is 2.87. The molecule has 1 aliphatic rings. The fourth-order valence-electron chi connectivity index (χ4n) is 2.34. The molecule has 2 aromatic heterocycles. The Morgan fingerprint density at radius 2 is 2.38 bits per heavy atom. The third-order valence-corrected chi connectivity index (χ3v) is 3.99. The molecule has 0 aromatic carbocycles. The number of pyridine rings is 1. The largest absolute Gasteiger partial charge is 0.338 e. The van der Waals surface area contributed by atoms with Crippen LogP contribution in [0.2, 0.25) is 0 Å². The summed E-state index contributed by atoms with van der Waals surface area (Å²) in [5.41, 5.74) is 0.813. The number of H-pyrrole nitrogens is 1. The summed E-state index contributed by atoms with van der Waals surface area (Å²) in [5, 5.41) is 4.38. The van der Waals surface area contributed by atoms with Gasteiger partial charge in [0.2, 0.25) is 0 Å². The van der Waals surface area contributed by atoms with Crippen LogP contribution in [-0.2, 0) is 0 Å². The number of aromatic nitrogens is 2. The number of hydrogen-bond acceptors (Lipinski definition) is 2. The van der Waals surface area contributed by atoms with Gasteiger partial charge in [0.25, 0.3) is 5.56 Å². The van der Waals surface area contributed by atoms with E-state index in [4.69, 9.17) is 0 Å². The Balaban J connectivity index is 2.28. The quantitative estimate of drug-likeness (QED) is 0.779. The van der Waals surface area contributed by atoms with Crippen molar-refractivity contribution < 1.29 is 0 Å². The lowest BCUT2D eigenvalue weighted by Crippen LogP contribution is -2.16. The van der Waals surface area contributed by atoms with E-state index in [1.165, 1.54) is 0 Å². The fraction of sp³-hybridized carbons (Fsp3) is 0.364. The Hall–Kier alpha value is -0.820. The fourth-order valence-corrected chi connectivity index (χ4v) is 3.08. The molecule has 0 spiro atoms. The molecule has 84 valence electrons. The number of halogens is 1. The second-order valence-corrected chi connectivity index (χ2v) is 5.26. The van der Waals surface area contributed by atoms with Gasteiger partial charge in [-0.25, -0.2) is 0 Å². The van der Waals surface area contributed by atoms with Crippen molar-refractivity contribution in [2.75, 3.05) is 13.1 Å². The predicted molar refractivity (Wildman–Crippen MR) is 71.8 cm³/mol. The third-order valence-electron chi connectivity index (χ3n) is 3.13. The van der Waals surface area contributed by atoms with Gasteiger partial charge in [0.15, 0.2) is 0 Å². The van der Waals surface area contributed by atoms with Crippen molar-refractivity contribution in [1.82, 2.24) is 14.9 Å². The van der Waals surface area contributed by atoms with E-state index in [0.29, 0.717) is 6.04 Å². The van der Waals surface area contributed by atoms with Gasteiger partial charge in [-0.2, -0.15) is 0 Å². The van der Waals surface area contributed by atoms with Crippen molar-refractivity contribution in [3.8, 4) is 0 Å². The third kappa shape index (κ3) is 1.49. The molecule has 5 heteroatoms. The van der Waals surface area contributed by atoms with E-state index in [-0.39, 0.29) is 5.56 Å². The van der Waals surface area contributed by atoms with Gasteiger partial charge < -0.3 is 14.9 Å². The lowest BCUT2D eigenvalue weighted by atomic mass is 10.2. The minimum atomic E-state index is 0.00677. The lowest BCUT2D eigenvalue weighted by molar-refractivity contribution is 0.563. The van der Waals surface area contributed by atoms with Crippen LogP contribution in [0, 0.1) is 3.57 Å². The second kappa shape index (κ2) is 3.89. The molecule has 0 amide bonds. The summed E-state index contributed by atoms with van der Waals surface area (Å²) in [6.07, 6.45) is 4.89. The topological polar surface area (TPSA) is 49.8 Å². The summed E-state index contributed by atoms with van der Waals surface area (Å²) in [7, 11) is 0. The van der Waals surface area contributed by atoms with Gasteiger partial charge in [-0.05, 0) is 41.6 Å². The lowest BCUT2D eigenvalue weighted by Gasteiger charge is -2.11. The molecule has 1 unspecified atom stereocenters. The summed E-state index contributed by atoms with van der Waals surface area (Å²) in [4.78, 5) is 14.6. The van der Waals surface area contributed by atoms with Gasteiger partial charge in [0.1, 0.15) is 5.52 Å². The van der Waals surface area contributed by atoms with Crippen molar-refractivity contribution in [2.24, 2.45) is 0 Å². The molecule has 16 heavy (non-hydrogen) atoms. The Morgan fingerprint density at radius 3 is 3.12 bits per heavy atom. The molecule has 3 rings (SSSR count). The summed E-state index contributed by atoms with van der Waals surface area (Å²) < 4.78 is 3.27. The summed E-state index contributed by atoms with van der Waals surface area (Å²) in [6, 6.07) is 2.38. The van der Waals surface area contributed by atoms with E-state index in [2.05, 4.69) is 43.7 Å². The predicted octanol–water partition coefficient (Wildman–Crippen LogP) is 1.47. The highest BCUT2D eigenvalue weighted by Gasteiger charge is 2.20. The molecule has 0 saturated carbocycles. The van der Waals surface area contributed by atoms with Crippen molar-refractivity contribution >= 4 is 33.5 Å². The molecule has 2 aromatic rings. The van der Waals surface area contributed by atoms with Gasteiger partial charge in [-0.1, -0.05) is 0 Å². The zero-order valence-corrected chi connectivity index (χ0v) is 10.8. The van der Waals surface area contributed by atoms with Crippen LogP contribution in [0.1, 0.15) is 12.5 Å². The SMILES string of the molecule is O=c1[nH]ccc2c(I)cn(C3CCNC3)c12. The number of hydrogen-bond donors (Lipinski definition) is 2. The first-order valence-electron chi connectivity index (χ1n) is 5.36. The summed E-state index contributed by atoms with van der Waals surface area (Å²) in [5.74, 6) is 0. The Morgan fingerprint density at radius 1 is 1.50 bits per heavy atom. The highest BCUT2D eigenvalue weighted by molar-refractivity contribution is 14.1. The summed E-state index contributed by atoms with van der Waals surface area (Å²) in [6.45, 7) is 1.99. The molecule has 3 heterocycles. The van der Waals surface area contributed by atoms with Crippen molar-refractivity contribution in [1.29, 1.82) is 0 Å². The molecule has 1 saturated heterocycles. The molecule has 4 nitrogen and oxygen atoms in total. The van der Waals surface area contributed by atoms with Crippen molar-refractivity contribution in [3.05, 3.63) is 32.4 Å². The number of aromatic amines is 1. The zero-order chi connectivity index (χ0) is 11.1. The molecule has 0 bridgehead atoms. The van der Waals surface area contributed by atoms with Gasteiger partial charge in [0, 0.05) is 33.9 Å². The van der Waals surface area contributed by atoms with Crippen molar-refractivity contribution in [3.63, 3.8) is 0 Å². The molecule has 1 fully saturated rings. The number of fused-ring (bicyclic) bond motifs is 1. The van der Waals surface area contributed by atoms with E-state index in [1.807, 2.05) is 6.07 Å². The highest BCUT2D eigenvalue weighted by Crippen LogP contribution is 2.25. The Labute approximate surface area is 106 Å². The van der Waals surface area contributed by atoms with E-state index in [1.54, 1.807) is 6.20 Å². The average molecular weight is 329 g/mol. The van der Waals surface area contributed by atoms with Gasteiger partial charge in [-0.3, -0.25) is 4.79 Å². The highest BCUT2D eigenvalue weighted by atomic mass is 127. The second-order valence-electron chi connectivity index (χ2n) is 4.10. The first-order valence-corrected chi connectivity index (χ1v) is 6.43. The van der Waals surface area contributed by atoms with Gasteiger partial charge in [0.05, 0.1) is 0 Å². The van der Waals surface area contributed by atoms with Crippen molar-refractivity contribution in [2.45, 2.75) is 12.5 Å². The maximum Gasteiger partial charge on any atom is 0.272 e. The van der Waals surface area contributed by atoms with Crippen LogP contribution in [-0.4, -0.2) is 22.6 Å². The molecule has 2 N–H and O–H groups in total. The molecule has 0 radical (unpaired) electrons. The van der Waals surface area contributed by atoms with E-state index < -0.39 is 0 Å². The first-order chi connectivity index (χ1) is 7.77. The van der Waals surface area contributed by atoms with E-state index in [9.17, 15) is 4.79 Å². The van der Waals surface area contributed by atoms with Crippen LogP contribution < -0.4 is 10.9 Å².